The molecule has 1 aromatic heterocycles. The number of rotatable bonds is 0. The molecule has 0 fully saturated rings. The zero-order valence-electron chi connectivity index (χ0n) is 9.91. The average Bonchev–Trinajstić information content (AvgIpc) is 2.51. The van der Waals surface area contributed by atoms with Crippen LogP contribution in [0.25, 0.3) is 11.1 Å². The highest BCUT2D eigenvalue weighted by Gasteiger charge is 2.35. The highest BCUT2D eigenvalue weighted by atomic mass is 14.6. The van der Waals surface area contributed by atoms with E-state index in [1.807, 2.05) is 12.4 Å². The number of fused-ring (bicyclic) bond motifs is 3. The van der Waals surface area contributed by atoms with Gasteiger partial charge in [0.2, 0.25) is 0 Å². The molecule has 1 aliphatic carbocycles. The van der Waals surface area contributed by atoms with E-state index >= 15 is 0 Å². The number of aryl methyl sites for hydroxylation is 1. The summed E-state index contributed by atoms with van der Waals surface area (Å²) in [7, 11) is 0. The van der Waals surface area contributed by atoms with Crippen LogP contribution < -0.4 is 0 Å². The molecule has 0 aliphatic heterocycles. The molecule has 1 nitrogen and oxygen atoms in total. The molecule has 16 heavy (non-hydrogen) atoms. The van der Waals surface area contributed by atoms with Gasteiger partial charge in [0, 0.05) is 17.8 Å². The number of nitrogens with zero attached hydrogens (tertiary/aromatic N) is 1. The molecule has 0 saturated heterocycles. The Labute approximate surface area is 96.2 Å². The van der Waals surface area contributed by atoms with Crippen LogP contribution in [0.5, 0.6) is 0 Å². The van der Waals surface area contributed by atoms with Gasteiger partial charge in [0.15, 0.2) is 0 Å². The van der Waals surface area contributed by atoms with Crippen molar-refractivity contribution in [3.8, 4) is 11.1 Å². The third-order valence-corrected chi connectivity index (χ3v) is 3.71. The van der Waals surface area contributed by atoms with Gasteiger partial charge in [-0.15, -0.1) is 0 Å². The molecule has 0 spiro atoms. The third kappa shape index (κ3) is 1.03. The lowest BCUT2D eigenvalue weighted by atomic mass is 9.83. The quantitative estimate of drug-likeness (QED) is 0.644. The zero-order chi connectivity index (χ0) is 11.3. The molecule has 1 heteroatoms. The Morgan fingerprint density at radius 3 is 2.69 bits per heavy atom. The second-order valence-corrected chi connectivity index (χ2v) is 5.04. The standard InChI is InChI=1S/C15H15N/c1-10-5-4-6-12-14(10)11-7-8-16-9-13(11)15(12,2)3/h4-9H,1-3H3. The normalized spacial score (nSPS) is 15.7. The summed E-state index contributed by atoms with van der Waals surface area (Å²) in [5, 5.41) is 0. The summed E-state index contributed by atoms with van der Waals surface area (Å²) in [6.07, 6.45) is 3.89. The molecule has 0 unspecified atom stereocenters. The Kier molecular flexibility index (Phi) is 1.76. The van der Waals surface area contributed by atoms with Gasteiger partial charge < -0.3 is 0 Å². The fraction of sp³-hybridized carbons (Fsp3) is 0.267. The van der Waals surface area contributed by atoms with E-state index in [9.17, 15) is 0 Å². The van der Waals surface area contributed by atoms with Gasteiger partial charge in [0.05, 0.1) is 0 Å². The summed E-state index contributed by atoms with van der Waals surface area (Å²) in [5.74, 6) is 0. The number of hydrogen-bond acceptors (Lipinski definition) is 1. The first-order chi connectivity index (χ1) is 7.62. The largest absolute Gasteiger partial charge is 0.264 e. The van der Waals surface area contributed by atoms with Crippen molar-refractivity contribution in [3.05, 3.63) is 53.3 Å². The molecule has 2 aromatic rings. The van der Waals surface area contributed by atoms with Gasteiger partial charge >= 0.3 is 0 Å². The van der Waals surface area contributed by atoms with Gasteiger partial charge in [-0.3, -0.25) is 4.98 Å². The minimum Gasteiger partial charge on any atom is -0.264 e. The SMILES string of the molecule is Cc1cccc2c1-c1ccncc1C2(C)C. The summed E-state index contributed by atoms with van der Waals surface area (Å²) in [6.45, 7) is 6.74. The van der Waals surface area contributed by atoms with Crippen LogP contribution >= 0.6 is 0 Å². The maximum absolute atomic E-state index is 4.26. The summed E-state index contributed by atoms with van der Waals surface area (Å²) < 4.78 is 0. The third-order valence-electron chi connectivity index (χ3n) is 3.71. The lowest BCUT2D eigenvalue weighted by molar-refractivity contribution is 0.657. The average molecular weight is 209 g/mol. The zero-order valence-corrected chi connectivity index (χ0v) is 9.91. The molecule has 0 amide bonds. The molecule has 80 valence electrons. The van der Waals surface area contributed by atoms with E-state index in [4.69, 9.17) is 0 Å². The minimum absolute atomic E-state index is 0.0882. The summed E-state index contributed by atoms with van der Waals surface area (Å²) in [6, 6.07) is 8.71. The van der Waals surface area contributed by atoms with Gasteiger partial charge in [-0.25, -0.2) is 0 Å². The Balaban J connectivity index is 2.45. The Morgan fingerprint density at radius 1 is 1.06 bits per heavy atom. The van der Waals surface area contributed by atoms with Crippen molar-refractivity contribution in [2.75, 3.05) is 0 Å². The summed E-state index contributed by atoms with van der Waals surface area (Å²) >= 11 is 0. The van der Waals surface area contributed by atoms with Gasteiger partial charge in [0.1, 0.15) is 0 Å². The van der Waals surface area contributed by atoms with Crippen LogP contribution in [0.1, 0.15) is 30.5 Å². The maximum atomic E-state index is 4.26. The Bertz CT molecular complexity index is 567. The van der Waals surface area contributed by atoms with Crippen molar-refractivity contribution in [1.29, 1.82) is 0 Å². The molecule has 0 atom stereocenters. The predicted molar refractivity (Wildman–Crippen MR) is 66.5 cm³/mol. The van der Waals surface area contributed by atoms with Crippen LogP contribution in [-0.4, -0.2) is 4.98 Å². The maximum Gasteiger partial charge on any atom is 0.0314 e. The summed E-state index contributed by atoms with van der Waals surface area (Å²) in [4.78, 5) is 4.26. The van der Waals surface area contributed by atoms with E-state index in [0.29, 0.717) is 0 Å². The lowest BCUT2D eigenvalue weighted by Crippen LogP contribution is -2.15. The van der Waals surface area contributed by atoms with Crippen molar-refractivity contribution >= 4 is 0 Å². The molecule has 3 rings (SSSR count). The second kappa shape index (κ2) is 2.94. The number of aromatic nitrogens is 1. The monoisotopic (exact) mass is 209 g/mol. The highest BCUT2D eigenvalue weighted by molar-refractivity contribution is 5.82. The fourth-order valence-corrected chi connectivity index (χ4v) is 2.80. The molecule has 0 saturated carbocycles. The first kappa shape index (κ1) is 9.59. The van der Waals surface area contributed by atoms with Gasteiger partial charge in [0.25, 0.3) is 0 Å². The topological polar surface area (TPSA) is 12.9 Å². The van der Waals surface area contributed by atoms with Crippen LogP contribution in [0.4, 0.5) is 0 Å². The number of pyridine rings is 1. The minimum atomic E-state index is 0.0882. The fourth-order valence-electron chi connectivity index (χ4n) is 2.80. The predicted octanol–water partition coefficient (Wildman–Crippen LogP) is 3.70. The smallest absolute Gasteiger partial charge is 0.0314 e. The molecule has 1 aliphatic rings. The first-order valence-corrected chi connectivity index (χ1v) is 5.67. The van der Waals surface area contributed by atoms with Crippen molar-refractivity contribution in [2.24, 2.45) is 0 Å². The van der Waals surface area contributed by atoms with E-state index in [1.165, 1.54) is 27.8 Å². The first-order valence-electron chi connectivity index (χ1n) is 5.67. The molecular formula is C15H15N. The van der Waals surface area contributed by atoms with Crippen LogP contribution in [0.3, 0.4) is 0 Å². The van der Waals surface area contributed by atoms with E-state index in [-0.39, 0.29) is 5.41 Å². The highest BCUT2D eigenvalue weighted by Crippen LogP contribution is 2.49. The molecule has 0 bridgehead atoms. The van der Waals surface area contributed by atoms with Gasteiger partial charge in [-0.2, -0.15) is 0 Å². The number of benzene rings is 1. The molecular weight excluding hydrogens is 194 g/mol. The van der Waals surface area contributed by atoms with E-state index in [2.05, 4.69) is 50.0 Å². The van der Waals surface area contributed by atoms with Crippen LogP contribution in [-0.2, 0) is 5.41 Å². The Morgan fingerprint density at radius 2 is 1.88 bits per heavy atom. The summed E-state index contributed by atoms with van der Waals surface area (Å²) in [5.41, 5.74) is 6.98. The van der Waals surface area contributed by atoms with Crippen molar-refractivity contribution in [2.45, 2.75) is 26.2 Å². The molecule has 0 radical (unpaired) electrons. The lowest BCUT2D eigenvalue weighted by Gasteiger charge is -2.20. The Hall–Kier alpha value is -1.63. The second-order valence-electron chi connectivity index (χ2n) is 5.04. The van der Waals surface area contributed by atoms with Crippen molar-refractivity contribution in [3.63, 3.8) is 0 Å². The van der Waals surface area contributed by atoms with E-state index in [0.717, 1.165) is 0 Å². The molecule has 1 heterocycles. The van der Waals surface area contributed by atoms with Crippen LogP contribution in [0, 0.1) is 6.92 Å². The number of hydrogen-bond donors (Lipinski definition) is 0. The molecule has 0 N–H and O–H groups in total. The van der Waals surface area contributed by atoms with Gasteiger partial charge in [-0.05, 0) is 40.8 Å². The van der Waals surface area contributed by atoms with Crippen LogP contribution in [0.15, 0.2) is 36.7 Å². The van der Waals surface area contributed by atoms with E-state index < -0.39 is 0 Å². The molecule has 1 aromatic carbocycles. The van der Waals surface area contributed by atoms with Crippen molar-refractivity contribution < 1.29 is 0 Å². The van der Waals surface area contributed by atoms with Crippen LogP contribution in [0.2, 0.25) is 0 Å². The van der Waals surface area contributed by atoms with Gasteiger partial charge in [-0.1, -0.05) is 32.0 Å². The van der Waals surface area contributed by atoms with E-state index in [1.54, 1.807) is 0 Å². The van der Waals surface area contributed by atoms with Crippen molar-refractivity contribution in [1.82, 2.24) is 4.98 Å².